The van der Waals surface area contributed by atoms with Crippen molar-refractivity contribution in [3.63, 3.8) is 0 Å². The van der Waals surface area contributed by atoms with Crippen LogP contribution in [0.1, 0.15) is 31.8 Å². The molecular weight excluding hydrogens is 372 g/mol. The number of piperazine rings is 1. The van der Waals surface area contributed by atoms with Crippen LogP contribution in [0.5, 0.6) is 0 Å². The summed E-state index contributed by atoms with van der Waals surface area (Å²) in [5, 5.41) is 0. The average molecular weight is 399 g/mol. The molecule has 0 saturated carbocycles. The molecule has 4 rings (SSSR count). The van der Waals surface area contributed by atoms with Gasteiger partial charge in [0.05, 0.1) is 0 Å². The quantitative estimate of drug-likeness (QED) is 0.650. The van der Waals surface area contributed by atoms with Gasteiger partial charge in [0, 0.05) is 37.3 Å². The number of nitrogens with zero attached hydrogens (tertiary/aromatic N) is 2. The van der Waals surface area contributed by atoms with Gasteiger partial charge in [-0.25, -0.2) is 0 Å². The third-order valence-electron chi connectivity index (χ3n) is 5.65. The maximum absolute atomic E-state index is 13.2. The highest BCUT2D eigenvalue weighted by Crippen LogP contribution is 2.17. The summed E-state index contributed by atoms with van der Waals surface area (Å²) in [5.74, 6) is 0.0939. The second-order valence-corrected chi connectivity index (χ2v) is 7.59. The molecular formula is C26H26N2O2. The van der Waals surface area contributed by atoms with Gasteiger partial charge in [0.25, 0.3) is 11.8 Å². The van der Waals surface area contributed by atoms with Gasteiger partial charge in [-0.3, -0.25) is 9.59 Å². The third kappa shape index (κ3) is 4.60. The molecule has 1 heterocycles. The second kappa shape index (κ2) is 9.40. The van der Waals surface area contributed by atoms with Crippen molar-refractivity contribution >= 4 is 11.8 Å². The van der Waals surface area contributed by atoms with Crippen LogP contribution in [0.25, 0.3) is 0 Å². The van der Waals surface area contributed by atoms with E-state index >= 15 is 0 Å². The Morgan fingerprint density at radius 1 is 0.600 bits per heavy atom. The highest BCUT2D eigenvalue weighted by atomic mass is 16.2. The van der Waals surface area contributed by atoms with Gasteiger partial charge in [0.1, 0.15) is 0 Å². The molecule has 0 aliphatic carbocycles. The lowest BCUT2D eigenvalue weighted by Gasteiger charge is -2.35. The zero-order valence-corrected chi connectivity index (χ0v) is 17.0. The van der Waals surface area contributed by atoms with Crippen molar-refractivity contribution in [2.75, 3.05) is 26.2 Å². The fourth-order valence-corrected chi connectivity index (χ4v) is 3.92. The molecule has 30 heavy (non-hydrogen) atoms. The van der Waals surface area contributed by atoms with E-state index in [0.717, 1.165) is 24.0 Å². The van der Waals surface area contributed by atoms with Gasteiger partial charge in [-0.2, -0.15) is 0 Å². The molecule has 152 valence electrons. The molecule has 4 nitrogen and oxygen atoms in total. The van der Waals surface area contributed by atoms with Crippen molar-refractivity contribution < 1.29 is 9.59 Å². The van der Waals surface area contributed by atoms with Crippen molar-refractivity contribution in [1.82, 2.24) is 9.80 Å². The Labute approximate surface area is 177 Å². The number of amides is 2. The van der Waals surface area contributed by atoms with E-state index in [0.29, 0.717) is 31.7 Å². The lowest BCUT2D eigenvalue weighted by atomic mass is 9.99. The van der Waals surface area contributed by atoms with Gasteiger partial charge in [-0.05, 0) is 42.2 Å². The molecule has 0 atom stereocenters. The Bertz CT molecular complexity index is 994. The van der Waals surface area contributed by atoms with Crippen LogP contribution in [0.4, 0.5) is 0 Å². The molecule has 0 radical (unpaired) electrons. The number of carbonyl (C=O) groups is 2. The molecule has 1 aliphatic heterocycles. The summed E-state index contributed by atoms with van der Waals surface area (Å²) in [6, 6.07) is 27.6. The summed E-state index contributed by atoms with van der Waals surface area (Å²) in [6.45, 7) is 2.24. The lowest BCUT2D eigenvalue weighted by Crippen LogP contribution is -2.50. The van der Waals surface area contributed by atoms with Crippen molar-refractivity contribution in [2.24, 2.45) is 0 Å². The highest BCUT2D eigenvalue weighted by molar-refractivity contribution is 5.96. The number of hydrogen-bond donors (Lipinski definition) is 0. The average Bonchev–Trinajstić information content (AvgIpc) is 2.83. The molecule has 3 aromatic carbocycles. The van der Waals surface area contributed by atoms with Gasteiger partial charge in [0.2, 0.25) is 0 Å². The molecule has 0 spiro atoms. The molecule has 2 amide bonds. The summed E-state index contributed by atoms with van der Waals surface area (Å²) in [6.07, 6.45) is 1.74. The van der Waals surface area contributed by atoms with Crippen LogP contribution in [-0.4, -0.2) is 47.8 Å². The molecule has 0 aromatic heterocycles. The minimum absolute atomic E-state index is 0.0333. The van der Waals surface area contributed by atoms with Crippen molar-refractivity contribution in [3.8, 4) is 0 Å². The first-order valence-corrected chi connectivity index (χ1v) is 10.5. The summed E-state index contributed by atoms with van der Waals surface area (Å²) >= 11 is 0. The predicted molar refractivity (Wildman–Crippen MR) is 119 cm³/mol. The van der Waals surface area contributed by atoms with Crippen LogP contribution in [0.15, 0.2) is 84.9 Å². The van der Waals surface area contributed by atoms with Gasteiger partial charge >= 0.3 is 0 Å². The van der Waals surface area contributed by atoms with Crippen molar-refractivity contribution in [3.05, 3.63) is 107 Å². The Balaban J connectivity index is 1.39. The molecule has 4 heteroatoms. The first-order chi connectivity index (χ1) is 14.7. The van der Waals surface area contributed by atoms with Gasteiger partial charge < -0.3 is 9.80 Å². The highest BCUT2D eigenvalue weighted by Gasteiger charge is 2.26. The number of hydrogen-bond acceptors (Lipinski definition) is 2. The molecule has 1 saturated heterocycles. The van der Waals surface area contributed by atoms with Crippen molar-refractivity contribution in [2.45, 2.75) is 12.8 Å². The SMILES string of the molecule is O=C(c1ccccc1)N1CCN(C(=O)c2ccccc2CCc2ccccc2)CC1. The first kappa shape index (κ1) is 19.9. The van der Waals surface area contributed by atoms with E-state index in [1.165, 1.54) is 5.56 Å². The minimum atomic E-state index is 0.0333. The van der Waals surface area contributed by atoms with E-state index in [-0.39, 0.29) is 11.8 Å². The monoisotopic (exact) mass is 398 g/mol. The lowest BCUT2D eigenvalue weighted by molar-refractivity contribution is 0.0535. The second-order valence-electron chi connectivity index (χ2n) is 7.59. The zero-order valence-electron chi connectivity index (χ0n) is 17.0. The van der Waals surface area contributed by atoms with Crippen LogP contribution in [0.2, 0.25) is 0 Å². The number of rotatable bonds is 5. The van der Waals surface area contributed by atoms with E-state index in [9.17, 15) is 9.59 Å². The Morgan fingerprint density at radius 3 is 1.80 bits per heavy atom. The van der Waals surface area contributed by atoms with Crippen LogP contribution in [0, 0.1) is 0 Å². The summed E-state index contributed by atoms with van der Waals surface area (Å²) in [5.41, 5.74) is 3.82. The first-order valence-electron chi connectivity index (χ1n) is 10.5. The minimum Gasteiger partial charge on any atom is -0.335 e. The third-order valence-corrected chi connectivity index (χ3v) is 5.65. The summed E-state index contributed by atoms with van der Waals surface area (Å²) < 4.78 is 0. The molecule has 1 aliphatic rings. The van der Waals surface area contributed by atoms with Gasteiger partial charge in [0.15, 0.2) is 0 Å². The van der Waals surface area contributed by atoms with Crippen molar-refractivity contribution in [1.29, 1.82) is 0 Å². The van der Waals surface area contributed by atoms with E-state index in [1.54, 1.807) is 0 Å². The van der Waals surface area contributed by atoms with E-state index in [2.05, 4.69) is 12.1 Å². The molecule has 3 aromatic rings. The fraction of sp³-hybridized carbons (Fsp3) is 0.231. The largest absolute Gasteiger partial charge is 0.335 e. The Morgan fingerprint density at radius 2 is 1.13 bits per heavy atom. The van der Waals surface area contributed by atoms with Crippen LogP contribution in [-0.2, 0) is 12.8 Å². The molecule has 0 bridgehead atoms. The fourth-order valence-electron chi connectivity index (χ4n) is 3.92. The Kier molecular flexibility index (Phi) is 6.23. The summed E-state index contributed by atoms with van der Waals surface area (Å²) in [7, 11) is 0. The smallest absolute Gasteiger partial charge is 0.254 e. The van der Waals surface area contributed by atoms with Gasteiger partial charge in [-0.1, -0.05) is 66.7 Å². The molecule has 0 unspecified atom stereocenters. The topological polar surface area (TPSA) is 40.6 Å². The summed E-state index contributed by atoms with van der Waals surface area (Å²) in [4.78, 5) is 29.5. The predicted octanol–water partition coefficient (Wildman–Crippen LogP) is 4.07. The Hall–Kier alpha value is -3.40. The number of benzene rings is 3. The maximum atomic E-state index is 13.2. The van der Waals surface area contributed by atoms with Gasteiger partial charge in [-0.15, -0.1) is 0 Å². The van der Waals surface area contributed by atoms with Crippen LogP contribution >= 0.6 is 0 Å². The molecule has 1 fully saturated rings. The van der Waals surface area contributed by atoms with Crippen LogP contribution < -0.4 is 0 Å². The van der Waals surface area contributed by atoms with E-state index < -0.39 is 0 Å². The van der Waals surface area contributed by atoms with Crippen LogP contribution in [0.3, 0.4) is 0 Å². The standard InChI is InChI=1S/C26H26N2O2/c29-25(23-12-5-2-6-13-23)27-17-19-28(20-18-27)26(30)24-14-8-7-11-22(24)16-15-21-9-3-1-4-10-21/h1-14H,15-20H2. The normalized spacial score (nSPS) is 13.9. The van der Waals surface area contributed by atoms with E-state index in [4.69, 9.17) is 0 Å². The zero-order chi connectivity index (χ0) is 20.8. The van der Waals surface area contributed by atoms with E-state index in [1.807, 2.05) is 82.6 Å². The molecule has 0 N–H and O–H groups in total. The maximum Gasteiger partial charge on any atom is 0.254 e. The number of aryl methyl sites for hydroxylation is 2. The number of carbonyl (C=O) groups excluding carboxylic acids is 2.